The SMILES string of the molecule is NC(=O)c1ccc(NC(=O)[C@H](C[C@@H]2CCCCO2)n2cc3c(cc2=O)-c2cc(Cl)ccc2CC(C(F)F)OC3)cc1F. The zero-order valence-electron chi connectivity index (χ0n) is 22.5. The van der Waals surface area contributed by atoms with Crippen molar-refractivity contribution in [1.82, 2.24) is 4.57 Å². The van der Waals surface area contributed by atoms with Crippen LogP contribution in [0.2, 0.25) is 5.02 Å². The summed E-state index contributed by atoms with van der Waals surface area (Å²) in [5, 5.41) is 2.99. The van der Waals surface area contributed by atoms with Gasteiger partial charge in [0.1, 0.15) is 18.0 Å². The molecule has 1 fully saturated rings. The molecule has 0 aliphatic carbocycles. The molecule has 0 bridgehead atoms. The highest BCUT2D eigenvalue weighted by atomic mass is 35.5. The first-order valence-corrected chi connectivity index (χ1v) is 13.9. The Balaban J connectivity index is 1.55. The number of benzene rings is 2. The molecule has 3 heterocycles. The molecule has 222 valence electrons. The van der Waals surface area contributed by atoms with Gasteiger partial charge in [-0.15, -0.1) is 0 Å². The number of anilines is 1. The summed E-state index contributed by atoms with van der Waals surface area (Å²) < 4.78 is 54.7. The number of hydrogen-bond acceptors (Lipinski definition) is 5. The molecule has 8 nitrogen and oxygen atoms in total. The number of primary amides is 1. The van der Waals surface area contributed by atoms with Crippen molar-refractivity contribution in [3.8, 4) is 11.1 Å². The van der Waals surface area contributed by atoms with Crippen molar-refractivity contribution in [1.29, 1.82) is 0 Å². The standard InChI is InChI=1S/C30H29ClF3N3O5/c31-18-5-4-16-9-26(28(33)34)42-15-17-14-37(27(38)13-23(17)22(16)10-18)25(12-20-3-1-2-8-41-20)30(40)36-19-6-7-21(29(35)39)24(32)11-19/h4-7,10-11,13-14,20,25-26,28H,1-3,8-9,12,15H2,(H2,35,39)(H,36,40)/t20-,25-,26?/m0/s1. The van der Waals surface area contributed by atoms with Gasteiger partial charge in [-0.2, -0.15) is 0 Å². The highest BCUT2D eigenvalue weighted by Gasteiger charge is 2.31. The Morgan fingerprint density at radius 2 is 1.86 bits per heavy atom. The van der Waals surface area contributed by atoms with Crippen molar-refractivity contribution in [3.63, 3.8) is 0 Å². The molecule has 2 aromatic carbocycles. The lowest BCUT2D eigenvalue weighted by atomic mass is 9.92. The second-order valence-corrected chi connectivity index (χ2v) is 10.9. The average molecular weight is 604 g/mol. The van der Waals surface area contributed by atoms with Gasteiger partial charge in [0.15, 0.2) is 0 Å². The number of hydrogen-bond donors (Lipinski definition) is 2. The van der Waals surface area contributed by atoms with E-state index < -0.39 is 41.8 Å². The number of ether oxygens (including phenoxy) is 2. The van der Waals surface area contributed by atoms with Gasteiger partial charge >= 0.3 is 0 Å². The molecule has 42 heavy (non-hydrogen) atoms. The van der Waals surface area contributed by atoms with E-state index >= 15 is 0 Å². The zero-order valence-corrected chi connectivity index (χ0v) is 23.2. The van der Waals surface area contributed by atoms with Crippen molar-refractivity contribution >= 4 is 29.1 Å². The number of alkyl halides is 2. The van der Waals surface area contributed by atoms with Crippen molar-refractivity contribution in [2.75, 3.05) is 11.9 Å². The molecule has 1 unspecified atom stereocenters. The van der Waals surface area contributed by atoms with Crippen LogP contribution in [0.4, 0.5) is 18.9 Å². The maximum Gasteiger partial charge on any atom is 0.264 e. The number of pyridine rings is 1. The Morgan fingerprint density at radius 1 is 1.07 bits per heavy atom. The zero-order chi connectivity index (χ0) is 30.0. The Kier molecular flexibility index (Phi) is 9.00. The number of nitrogens with zero attached hydrogens (tertiary/aromatic N) is 1. The first kappa shape index (κ1) is 29.8. The van der Waals surface area contributed by atoms with Crippen molar-refractivity contribution < 1.29 is 32.2 Å². The number of nitrogens with one attached hydrogen (secondary N) is 1. The first-order valence-electron chi connectivity index (χ1n) is 13.6. The molecule has 12 heteroatoms. The fraction of sp³-hybridized carbons (Fsp3) is 0.367. The summed E-state index contributed by atoms with van der Waals surface area (Å²) in [5.41, 5.74) is 6.36. The van der Waals surface area contributed by atoms with Gasteiger partial charge < -0.3 is 25.1 Å². The van der Waals surface area contributed by atoms with Gasteiger partial charge in [-0.25, -0.2) is 13.2 Å². The minimum absolute atomic E-state index is 0.0584. The topological polar surface area (TPSA) is 113 Å². The van der Waals surface area contributed by atoms with E-state index in [1.807, 2.05) is 0 Å². The van der Waals surface area contributed by atoms with Gasteiger partial charge in [-0.05, 0) is 66.3 Å². The molecule has 2 aliphatic rings. The Morgan fingerprint density at radius 3 is 2.55 bits per heavy atom. The molecule has 1 aromatic heterocycles. The second-order valence-electron chi connectivity index (χ2n) is 10.4. The number of amides is 2. The molecule has 5 rings (SSSR count). The van der Waals surface area contributed by atoms with Crippen LogP contribution in [-0.4, -0.2) is 41.6 Å². The van der Waals surface area contributed by atoms with E-state index in [0.717, 1.165) is 25.0 Å². The normalized spacial score (nSPS) is 19.3. The highest BCUT2D eigenvalue weighted by Crippen LogP contribution is 2.34. The average Bonchev–Trinajstić information content (AvgIpc) is 2.94. The van der Waals surface area contributed by atoms with Crippen molar-refractivity contribution in [3.05, 3.63) is 86.5 Å². The summed E-state index contributed by atoms with van der Waals surface area (Å²) >= 11 is 6.24. The van der Waals surface area contributed by atoms with Gasteiger partial charge in [0, 0.05) is 48.0 Å². The first-order chi connectivity index (χ1) is 20.1. The van der Waals surface area contributed by atoms with Crippen LogP contribution in [0.3, 0.4) is 0 Å². The highest BCUT2D eigenvalue weighted by molar-refractivity contribution is 6.30. The minimum atomic E-state index is -2.75. The van der Waals surface area contributed by atoms with Crippen LogP contribution in [0, 0.1) is 5.82 Å². The van der Waals surface area contributed by atoms with Gasteiger partial charge in [-0.3, -0.25) is 14.4 Å². The Hall–Kier alpha value is -3.67. The molecule has 0 radical (unpaired) electrons. The summed E-state index contributed by atoms with van der Waals surface area (Å²) in [4.78, 5) is 38.7. The van der Waals surface area contributed by atoms with E-state index in [0.29, 0.717) is 40.3 Å². The van der Waals surface area contributed by atoms with E-state index in [2.05, 4.69) is 5.32 Å². The van der Waals surface area contributed by atoms with Crippen LogP contribution in [0.25, 0.3) is 11.1 Å². The van der Waals surface area contributed by atoms with E-state index in [1.54, 1.807) is 18.2 Å². The van der Waals surface area contributed by atoms with Crippen LogP contribution in [-0.2, 0) is 27.3 Å². The molecule has 2 aliphatic heterocycles. The number of aromatic nitrogens is 1. The molecular weight excluding hydrogens is 575 g/mol. The molecule has 2 amide bonds. The summed E-state index contributed by atoms with van der Waals surface area (Å²) in [6.07, 6.45) is -0.499. The molecule has 0 saturated carbocycles. The number of carbonyl (C=O) groups excluding carboxylic acids is 2. The van der Waals surface area contributed by atoms with Gasteiger partial charge in [0.2, 0.25) is 5.91 Å². The van der Waals surface area contributed by atoms with E-state index in [9.17, 15) is 27.6 Å². The third kappa shape index (κ3) is 6.53. The van der Waals surface area contributed by atoms with Gasteiger partial charge in [0.05, 0.1) is 18.3 Å². The van der Waals surface area contributed by atoms with Crippen LogP contribution in [0.15, 0.2) is 53.5 Å². The van der Waals surface area contributed by atoms with Crippen LogP contribution < -0.4 is 16.6 Å². The molecule has 3 N–H and O–H groups in total. The number of rotatable bonds is 7. The maximum absolute atomic E-state index is 14.4. The quantitative estimate of drug-likeness (QED) is 0.383. The monoisotopic (exact) mass is 603 g/mol. The van der Waals surface area contributed by atoms with Crippen molar-refractivity contribution in [2.24, 2.45) is 5.73 Å². The molecule has 3 aromatic rings. The van der Waals surface area contributed by atoms with Crippen LogP contribution >= 0.6 is 11.6 Å². The van der Waals surface area contributed by atoms with Gasteiger partial charge in [0.25, 0.3) is 17.9 Å². The molecular formula is C30H29ClF3N3O5. The second kappa shape index (κ2) is 12.7. The summed E-state index contributed by atoms with van der Waals surface area (Å²) in [5.74, 6) is -2.49. The minimum Gasteiger partial charge on any atom is -0.378 e. The van der Waals surface area contributed by atoms with E-state index in [1.165, 1.54) is 22.9 Å². The summed E-state index contributed by atoms with van der Waals surface area (Å²) in [6, 6.07) is 8.55. The summed E-state index contributed by atoms with van der Waals surface area (Å²) in [7, 11) is 0. The number of carbonyl (C=O) groups is 2. The predicted molar refractivity (Wildman–Crippen MR) is 150 cm³/mol. The lowest BCUT2D eigenvalue weighted by molar-refractivity contribution is -0.121. The number of nitrogens with two attached hydrogens (primary N) is 1. The van der Waals surface area contributed by atoms with Gasteiger partial charge in [-0.1, -0.05) is 17.7 Å². The largest absolute Gasteiger partial charge is 0.378 e. The molecule has 3 atom stereocenters. The van der Waals surface area contributed by atoms with Crippen LogP contribution in [0.1, 0.15) is 53.2 Å². The molecule has 0 spiro atoms. The number of fused-ring (bicyclic) bond motifs is 3. The third-order valence-electron chi connectivity index (χ3n) is 7.58. The molecule has 1 saturated heterocycles. The maximum atomic E-state index is 14.4. The smallest absolute Gasteiger partial charge is 0.264 e. The fourth-order valence-electron chi connectivity index (χ4n) is 5.42. The van der Waals surface area contributed by atoms with Crippen molar-refractivity contribution in [2.45, 2.75) is 63.4 Å². The Bertz CT molecular complexity index is 1560. The van der Waals surface area contributed by atoms with Crippen LogP contribution in [0.5, 0.6) is 0 Å². The lowest BCUT2D eigenvalue weighted by Crippen LogP contribution is -2.37. The van der Waals surface area contributed by atoms with E-state index in [4.69, 9.17) is 26.8 Å². The predicted octanol–water partition coefficient (Wildman–Crippen LogP) is 5.25. The third-order valence-corrected chi connectivity index (χ3v) is 7.82. The fourth-order valence-corrected chi connectivity index (χ4v) is 5.59. The lowest BCUT2D eigenvalue weighted by Gasteiger charge is -2.29. The van der Waals surface area contributed by atoms with E-state index in [-0.39, 0.29) is 36.8 Å². The Labute approximate surface area is 244 Å². The number of halogens is 4. The summed E-state index contributed by atoms with van der Waals surface area (Å²) in [6.45, 7) is 0.281.